The molecule has 0 aromatic heterocycles. The summed E-state index contributed by atoms with van der Waals surface area (Å²) in [4.78, 5) is 1.06. The van der Waals surface area contributed by atoms with Gasteiger partial charge in [-0.25, -0.2) is 0 Å². The Morgan fingerprint density at radius 1 is 1.25 bits per heavy atom. The fourth-order valence-corrected chi connectivity index (χ4v) is 2.78. The molecular formula is C16H16N2OS. The number of benzene rings is 2. The van der Waals surface area contributed by atoms with E-state index in [4.69, 9.17) is 15.7 Å². The van der Waals surface area contributed by atoms with Crippen LogP contribution in [0.15, 0.2) is 41.3 Å². The molecule has 2 aromatic rings. The van der Waals surface area contributed by atoms with Gasteiger partial charge in [-0.05, 0) is 42.3 Å². The summed E-state index contributed by atoms with van der Waals surface area (Å²) in [7, 11) is 1.57. The quantitative estimate of drug-likeness (QED) is 0.686. The number of aryl methyl sites for hydroxylation is 1. The molecule has 0 heterocycles. The molecule has 0 spiro atoms. The number of methoxy groups -OCH3 is 1. The number of thioether (sulfide) groups is 1. The van der Waals surface area contributed by atoms with Gasteiger partial charge in [0.2, 0.25) is 0 Å². The number of hydrogen-bond donors (Lipinski definition) is 1. The van der Waals surface area contributed by atoms with E-state index in [0.717, 1.165) is 27.5 Å². The van der Waals surface area contributed by atoms with Crippen LogP contribution in [0.1, 0.15) is 16.7 Å². The third-order valence-corrected chi connectivity index (χ3v) is 4.10. The maximum atomic E-state index is 9.08. The number of nitrogens with zero attached hydrogens (tertiary/aromatic N) is 1. The maximum Gasteiger partial charge on any atom is 0.136 e. The van der Waals surface area contributed by atoms with Gasteiger partial charge in [-0.15, -0.1) is 11.8 Å². The molecule has 0 unspecified atom stereocenters. The van der Waals surface area contributed by atoms with Crippen LogP contribution in [0.4, 0.5) is 5.69 Å². The molecule has 0 saturated heterocycles. The molecule has 2 N–H and O–H groups in total. The highest BCUT2D eigenvalue weighted by Gasteiger charge is 2.05. The summed E-state index contributed by atoms with van der Waals surface area (Å²) in [6, 6.07) is 13.8. The number of hydrogen-bond acceptors (Lipinski definition) is 4. The summed E-state index contributed by atoms with van der Waals surface area (Å²) in [6.07, 6.45) is 0. The predicted octanol–water partition coefficient (Wildman–Crippen LogP) is 3.75. The van der Waals surface area contributed by atoms with Crippen LogP contribution in [0, 0.1) is 18.3 Å². The minimum absolute atomic E-state index is 0.558. The lowest BCUT2D eigenvalue weighted by Gasteiger charge is -2.08. The number of rotatable bonds is 4. The molecule has 102 valence electrons. The molecule has 0 amide bonds. The molecule has 2 rings (SSSR count). The summed E-state index contributed by atoms with van der Waals surface area (Å²) < 4.78 is 5.14. The van der Waals surface area contributed by atoms with Gasteiger partial charge in [0.15, 0.2) is 0 Å². The van der Waals surface area contributed by atoms with Crippen LogP contribution in [0.3, 0.4) is 0 Å². The number of ether oxygens (including phenoxy) is 1. The van der Waals surface area contributed by atoms with Gasteiger partial charge in [0.05, 0.1) is 12.7 Å². The minimum Gasteiger partial charge on any atom is -0.495 e. The Bertz CT molecular complexity index is 662. The van der Waals surface area contributed by atoms with Crippen molar-refractivity contribution in [1.29, 1.82) is 5.26 Å². The zero-order valence-electron chi connectivity index (χ0n) is 11.5. The second-order valence-corrected chi connectivity index (χ2v) is 5.49. The first-order valence-corrected chi connectivity index (χ1v) is 7.18. The third-order valence-electron chi connectivity index (χ3n) is 2.94. The van der Waals surface area contributed by atoms with Gasteiger partial charge in [0.1, 0.15) is 11.8 Å². The van der Waals surface area contributed by atoms with Crippen molar-refractivity contribution in [3.05, 3.63) is 53.1 Å². The highest BCUT2D eigenvalue weighted by Crippen LogP contribution is 2.30. The van der Waals surface area contributed by atoms with E-state index < -0.39 is 0 Å². The lowest BCUT2D eigenvalue weighted by molar-refractivity contribution is 0.413. The van der Waals surface area contributed by atoms with E-state index in [2.05, 4.69) is 6.07 Å². The zero-order valence-corrected chi connectivity index (χ0v) is 12.3. The van der Waals surface area contributed by atoms with Crippen molar-refractivity contribution in [3.8, 4) is 11.8 Å². The Hall–Kier alpha value is -2.12. The molecule has 2 aromatic carbocycles. The van der Waals surface area contributed by atoms with Gasteiger partial charge in [0.25, 0.3) is 0 Å². The molecule has 0 aliphatic rings. The number of anilines is 1. The van der Waals surface area contributed by atoms with E-state index >= 15 is 0 Å². The molecular weight excluding hydrogens is 268 g/mol. The first kappa shape index (κ1) is 14.3. The summed E-state index contributed by atoms with van der Waals surface area (Å²) in [5, 5.41) is 9.08. The van der Waals surface area contributed by atoms with Crippen molar-refractivity contribution in [2.45, 2.75) is 17.6 Å². The molecule has 0 radical (unpaired) electrons. The Labute approximate surface area is 123 Å². The Balaban J connectivity index is 2.13. The Morgan fingerprint density at radius 2 is 2.05 bits per heavy atom. The SMILES string of the molecule is COc1ccc(CSc2ccc(C)cc2N)cc1C#N. The molecule has 0 atom stereocenters. The molecule has 4 heteroatoms. The van der Waals surface area contributed by atoms with E-state index in [9.17, 15) is 0 Å². The van der Waals surface area contributed by atoms with Crippen molar-refractivity contribution in [2.75, 3.05) is 12.8 Å². The second-order valence-electron chi connectivity index (χ2n) is 4.48. The molecule has 0 aliphatic heterocycles. The zero-order chi connectivity index (χ0) is 14.5. The van der Waals surface area contributed by atoms with Crippen LogP contribution in [-0.4, -0.2) is 7.11 Å². The van der Waals surface area contributed by atoms with Crippen molar-refractivity contribution < 1.29 is 4.74 Å². The topological polar surface area (TPSA) is 59.0 Å². The van der Waals surface area contributed by atoms with Crippen LogP contribution in [0.2, 0.25) is 0 Å². The molecule has 0 fully saturated rings. The first-order valence-electron chi connectivity index (χ1n) is 6.20. The monoisotopic (exact) mass is 284 g/mol. The van der Waals surface area contributed by atoms with Gasteiger partial charge >= 0.3 is 0 Å². The number of nitrogen functional groups attached to an aromatic ring is 1. The maximum absolute atomic E-state index is 9.08. The summed E-state index contributed by atoms with van der Waals surface area (Å²) in [5.41, 5.74) is 9.58. The standard InChI is InChI=1S/C16H16N2OS/c1-11-3-6-16(14(18)7-11)20-10-12-4-5-15(19-2)13(8-12)9-17/h3-8H,10,18H2,1-2H3. The van der Waals surface area contributed by atoms with Gasteiger partial charge in [0, 0.05) is 16.3 Å². The van der Waals surface area contributed by atoms with Gasteiger partial charge in [-0.2, -0.15) is 5.26 Å². The number of nitriles is 1. The Kier molecular flexibility index (Phi) is 4.54. The van der Waals surface area contributed by atoms with E-state index in [1.165, 1.54) is 0 Å². The Morgan fingerprint density at radius 3 is 2.70 bits per heavy atom. The van der Waals surface area contributed by atoms with Crippen molar-refractivity contribution in [2.24, 2.45) is 0 Å². The van der Waals surface area contributed by atoms with Crippen LogP contribution in [-0.2, 0) is 5.75 Å². The highest BCUT2D eigenvalue weighted by atomic mass is 32.2. The summed E-state index contributed by atoms with van der Waals surface area (Å²) in [6.45, 7) is 2.02. The molecule has 0 aliphatic carbocycles. The van der Waals surface area contributed by atoms with E-state index in [1.54, 1.807) is 18.9 Å². The minimum atomic E-state index is 0.558. The van der Waals surface area contributed by atoms with Gasteiger partial charge in [-0.3, -0.25) is 0 Å². The fraction of sp³-hybridized carbons (Fsp3) is 0.188. The van der Waals surface area contributed by atoms with E-state index in [0.29, 0.717) is 11.3 Å². The first-order chi connectivity index (χ1) is 9.63. The third kappa shape index (κ3) is 3.25. The smallest absolute Gasteiger partial charge is 0.136 e. The highest BCUT2D eigenvalue weighted by molar-refractivity contribution is 7.98. The molecule has 0 saturated carbocycles. The fourth-order valence-electron chi connectivity index (χ4n) is 1.89. The summed E-state index contributed by atoms with van der Waals surface area (Å²) in [5.74, 6) is 1.38. The second kappa shape index (κ2) is 6.36. The van der Waals surface area contributed by atoms with Gasteiger partial charge in [-0.1, -0.05) is 12.1 Å². The molecule has 0 bridgehead atoms. The lowest BCUT2D eigenvalue weighted by atomic mass is 10.1. The number of nitrogens with two attached hydrogens (primary N) is 1. The van der Waals surface area contributed by atoms with Crippen molar-refractivity contribution in [1.82, 2.24) is 0 Å². The molecule has 20 heavy (non-hydrogen) atoms. The predicted molar refractivity (Wildman–Crippen MR) is 82.9 cm³/mol. The largest absolute Gasteiger partial charge is 0.495 e. The van der Waals surface area contributed by atoms with Gasteiger partial charge < -0.3 is 10.5 Å². The van der Waals surface area contributed by atoms with Crippen LogP contribution in [0.5, 0.6) is 5.75 Å². The van der Waals surface area contributed by atoms with Crippen molar-refractivity contribution in [3.63, 3.8) is 0 Å². The normalized spacial score (nSPS) is 10.1. The van der Waals surface area contributed by atoms with E-state index in [1.807, 2.05) is 43.3 Å². The summed E-state index contributed by atoms with van der Waals surface area (Å²) >= 11 is 1.67. The van der Waals surface area contributed by atoms with Crippen LogP contribution < -0.4 is 10.5 Å². The van der Waals surface area contributed by atoms with E-state index in [-0.39, 0.29) is 0 Å². The van der Waals surface area contributed by atoms with Crippen molar-refractivity contribution >= 4 is 17.4 Å². The lowest BCUT2D eigenvalue weighted by Crippen LogP contribution is -1.92. The average molecular weight is 284 g/mol. The van der Waals surface area contributed by atoms with Crippen LogP contribution >= 0.6 is 11.8 Å². The molecule has 3 nitrogen and oxygen atoms in total. The van der Waals surface area contributed by atoms with Crippen LogP contribution in [0.25, 0.3) is 0 Å². The average Bonchev–Trinajstić information content (AvgIpc) is 2.46.